The molecule has 0 aliphatic carbocycles. The summed E-state index contributed by atoms with van der Waals surface area (Å²) in [6.07, 6.45) is 1.42. The Labute approximate surface area is 163 Å². The lowest BCUT2D eigenvalue weighted by Crippen LogP contribution is -2.34. The predicted molar refractivity (Wildman–Crippen MR) is 102 cm³/mol. The highest BCUT2D eigenvalue weighted by Gasteiger charge is 2.16. The molecule has 0 aliphatic heterocycles. The van der Waals surface area contributed by atoms with Crippen molar-refractivity contribution in [2.75, 3.05) is 26.8 Å². The summed E-state index contributed by atoms with van der Waals surface area (Å²) in [5.74, 6) is 0.665. The van der Waals surface area contributed by atoms with Crippen LogP contribution in [0.2, 0.25) is 5.02 Å². The van der Waals surface area contributed by atoms with E-state index in [2.05, 4.69) is 10.6 Å². The SMILES string of the molecule is COc1cc(C(=O)NCCNC(=O)c2ccco2)cc(Cl)c1OCC(C)C. The number of hydrogen-bond donors (Lipinski definition) is 2. The number of amides is 2. The lowest BCUT2D eigenvalue weighted by atomic mass is 10.2. The molecule has 0 saturated heterocycles. The Hall–Kier alpha value is -2.67. The molecule has 2 aromatic rings. The van der Waals surface area contributed by atoms with Crippen molar-refractivity contribution in [2.45, 2.75) is 13.8 Å². The molecule has 0 bridgehead atoms. The van der Waals surface area contributed by atoms with Crippen molar-refractivity contribution in [2.24, 2.45) is 5.92 Å². The molecule has 2 amide bonds. The van der Waals surface area contributed by atoms with Crippen LogP contribution in [-0.4, -0.2) is 38.6 Å². The minimum Gasteiger partial charge on any atom is -0.493 e. The fourth-order valence-electron chi connectivity index (χ4n) is 2.19. The van der Waals surface area contributed by atoms with E-state index in [4.69, 9.17) is 25.5 Å². The molecular formula is C19H23ClN2O5. The first-order valence-corrected chi connectivity index (χ1v) is 8.90. The predicted octanol–water partition coefficient (Wildman–Crippen LogP) is 3.14. The maximum absolute atomic E-state index is 12.3. The van der Waals surface area contributed by atoms with Crippen LogP contribution >= 0.6 is 11.6 Å². The number of benzene rings is 1. The van der Waals surface area contributed by atoms with E-state index < -0.39 is 0 Å². The Morgan fingerprint density at radius 2 is 1.89 bits per heavy atom. The van der Waals surface area contributed by atoms with Crippen LogP contribution in [0.5, 0.6) is 11.5 Å². The molecule has 1 aromatic heterocycles. The van der Waals surface area contributed by atoms with Crippen LogP contribution in [0.3, 0.4) is 0 Å². The fourth-order valence-corrected chi connectivity index (χ4v) is 2.46. The second kappa shape index (κ2) is 9.87. The van der Waals surface area contributed by atoms with Gasteiger partial charge >= 0.3 is 0 Å². The zero-order chi connectivity index (χ0) is 19.8. The van der Waals surface area contributed by atoms with Crippen molar-refractivity contribution >= 4 is 23.4 Å². The van der Waals surface area contributed by atoms with E-state index in [1.807, 2.05) is 13.8 Å². The first-order chi connectivity index (χ1) is 12.9. The zero-order valence-corrected chi connectivity index (χ0v) is 16.3. The fraction of sp³-hybridized carbons (Fsp3) is 0.368. The summed E-state index contributed by atoms with van der Waals surface area (Å²) in [6.45, 7) is 5.03. The number of hydrogen-bond acceptors (Lipinski definition) is 5. The van der Waals surface area contributed by atoms with Gasteiger partial charge in [-0.1, -0.05) is 25.4 Å². The highest BCUT2D eigenvalue weighted by Crippen LogP contribution is 2.36. The molecule has 27 heavy (non-hydrogen) atoms. The normalized spacial score (nSPS) is 10.6. The third-order valence-electron chi connectivity index (χ3n) is 3.49. The van der Waals surface area contributed by atoms with Crippen LogP contribution in [0.1, 0.15) is 34.8 Å². The molecule has 7 nitrogen and oxygen atoms in total. The minimum atomic E-state index is -0.342. The number of ether oxygens (including phenoxy) is 2. The number of nitrogens with one attached hydrogen (secondary N) is 2. The highest BCUT2D eigenvalue weighted by atomic mass is 35.5. The van der Waals surface area contributed by atoms with E-state index >= 15 is 0 Å². The van der Waals surface area contributed by atoms with Gasteiger partial charge in [0.25, 0.3) is 11.8 Å². The first-order valence-electron chi connectivity index (χ1n) is 8.52. The van der Waals surface area contributed by atoms with Crippen LogP contribution in [0.15, 0.2) is 34.9 Å². The molecule has 0 unspecified atom stereocenters. The van der Waals surface area contributed by atoms with E-state index in [0.29, 0.717) is 34.6 Å². The van der Waals surface area contributed by atoms with Gasteiger partial charge in [0.15, 0.2) is 17.3 Å². The maximum atomic E-state index is 12.3. The molecule has 146 valence electrons. The molecule has 0 aliphatic rings. The second-order valence-corrected chi connectivity index (χ2v) is 6.59. The van der Waals surface area contributed by atoms with Gasteiger partial charge in [-0.2, -0.15) is 0 Å². The van der Waals surface area contributed by atoms with Crippen molar-refractivity contribution in [3.63, 3.8) is 0 Å². The van der Waals surface area contributed by atoms with Crippen molar-refractivity contribution in [1.29, 1.82) is 0 Å². The van der Waals surface area contributed by atoms with E-state index in [1.54, 1.807) is 18.2 Å². The molecule has 0 fully saturated rings. The van der Waals surface area contributed by atoms with Gasteiger partial charge < -0.3 is 24.5 Å². The van der Waals surface area contributed by atoms with Gasteiger partial charge in [-0.15, -0.1) is 0 Å². The summed E-state index contributed by atoms with van der Waals surface area (Å²) in [7, 11) is 1.49. The standard InChI is InChI=1S/C19H23ClN2O5/c1-12(2)11-27-17-14(20)9-13(10-16(17)25-3)18(23)21-6-7-22-19(24)15-5-4-8-26-15/h4-5,8-10,12H,6-7,11H2,1-3H3,(H,21,23)(H,22,24). The van der Waals surface area contributed by atoms with Crippen molar-refractivity contribution in [3.05, 3.63) is 46.9 Å². The summed E-state index contributed by atoms with van der Waals surface area (Å²) in [5, 5.41) is 5.65. The second-order valence-electron chi connectivity index (χ2n) is 6.18. The lowest BCUT2D eigenvalue weighted by Gasteiger charge is -2.15. The number of carbonyl (C=O) groups is 2. The summed E-state index contributed by atoms with van der Waals surface area (Å²) < 4.78 is 15.9. The number of methoxy groups -OCH3 is 1. The molecule has 0 atom stereocenters. The minimum absolute atomic E-state index is 0.217. The Morgan fingerprint density at radius 1 is 1.19 bits per heavy atom. The van der Waals surface area contributed by atoms with Gasteiger partial charge in [0, 0.05) is 18.7 Å². The summed E-state index contributed by atoms with van der Waals surface area (Å²) in [6, 6.07) is 6.28. The molecule has 0 radical (unpaired) electrons. The number of halogens is 1. The largest absolute Gasteiger partial charge is 0.493 e. The smallest absolute Gasteiger partial charge is 0.287 e. The van der Waals surface area contributed by atoms with Crippen molar-refractivity contribution < 1.29 is 23.5 Å². The Bertz CT molecular complexity index is 775. The van der Waals surface area contributed by atoms with E-state index in [-0.39, 0.29) is 30.7 Å². The quantitative estimate of drug-likeness (QED) is 0.638. The van der Waals surface area contributed by atoms with Gasteiger partial charge in [-0.25, -0.2) is 0 Å². The Morgan fingerprint density at radius 3 is 2.48 bits per heavy atom. The van der Waals surface area contributed by atoms with Gasteiger partial charge in [0.1, 0.15) is 0 Å². The third kappa shape index (κ3) is 5.92. The Kier molecular flexibility index (Phi) is 7.55. The molecule has 0 saturated carbocycles. The Balaban J connectivity index is 1.91. The molecule has 1 heterocycles. The topological polar surface area (TPSA) is 89.8 Å². The molecule has 2 rings (SSSR count). The van der Waals surface area contributed by atoms with Crippen LogP contribution in [0, 0.1) is 5.92 Å². The number of rotatable bonds is 9. The monoisotopic (exact) mass is 394 g/mol. The summed E-state index contributed by atoms with van der Waals surface area (Å²) in [5.41, 5.74) is 0.339. The van der Waals surface area contributed by atoms with Crippen LogP contribution < -0.4 is 20.1 Å². The molecule has 2 N–H and O–H groups in total. The molecule has 8 heteroatoms. The van der Waals surface area contributed by atoms with Crippen molar-refractivity contribution in [3.8, 4) is 11.5 Å². The van der Waals surface area contributed by atoms with Gasteiger partial charge in [-0.3, -0.25) is 9.59 Å². The maximum Gasteiger partial charge on any atom is 0.287 e. The average molecular weight is 395 g/mol. The van der Waals surface area contributed by atoms with Crippen LogP contribution in [0.4, 0.5) is 0 Å². The molecular weight excluding hydrogens is 372 g/mol. The first kappa shape index (κ1) is 20.6. The van der Waals surface area contributed by atoms with Crippen LogP contribution in [-0.2, 0) is 0 Å². The van der Waals surface area contributed by atoms with E-state index in [0.717, 1.165) is 0 Å². The van der Waals surface area contributed by atoms with Gasteiger partial charge in [-0.05, 0) is 30.2 Å². The van der Waals surface area contributed by atoms with Crippen LogP contribution in [0.25, 0.3) is 0 Å². The van der Waals surface area contributed by atoms with E-state index in [9.17, 15) is 9.59 Å². The zero-order valence-electron chi connectivity index (χ0n) is 15.5. The summed E-state index contributed by atoms with van der Waals surface area (Å²) in [4.78, 5) is 24.0. The molecule has 0 spiro atoms. The van der Waals surface area contributed by atoms with E-state index in [1.165, 1.54) is 19.4 Å². The summed E-state index contributed by atoms with van der Waals surface area (Å²) >= 11 is 6.25. The lowest BCUT2D eigenvalue weighted by molar-refractivity contribution is 0.0910. The third-order valence-corrected chi connectivity index (χ3v) is 3.77. The molecule has 1 aromatic carbocycles. The van der Waals surface area contributed by atoms with Gasteiger partial charge in [0.05, 0.1) is 25.0 Å². The number of carbonyl (C=O) groups excluding carboxylic acids is 2. The number of furan rings is 1. The van der Waals surface area contributed by atoms with Crippen molar-refractivity contribution in [1.82, 2.24) is 10.6 Å². The van der Waals surface area contributed by atoms with Gasteiger partial charge in [0.2, 0.25) is 0 Å². The average Bonchev–Trinajstić information content (AvgIpc) is 3.17. The highest BCUT2D eigenvalue weighted by molar-refractivity contribution is 6.32.